The molecule has 1 fully saturated rings. The quantitative estimate of drug-likeness (QED) is 0.847. The van der Waals surface area contributed by atoms with E-state index in [1.54, 1.807) is 4.90 Å². The molecule has 2 rings (SSSR count). The molecule has 4 heteroatoms. The van der Waals surface area contributed by atoms with Gasteiger partial charge in [0.25, 0.3) is 0 Å². The number of nitrogens with zero attached hydrogens (tertiary/aromatic N) is 2. The summed E-state index contributed by atoms with van der Waals surface area (Å²) >= 11 is 0. The molecule has 0 atom stereocenters. The highest BCUT2D eigenvalue weighted by molar-refractivity contribution is 5.67. The van der Waals surface area contributed by atoms with Gasteiger partial charge in [0.05, 0.1) is 0 Å². The zero-order valence-electron chi connectivity index (χ0n) is 12.4. The third kappa shape index (κ3) is 4.53. The monoisotopic (exact) mass is 276 g/mol. The zero-order valence-corrected chi connectivity index (χ0v) is 12.4. The van der Waals surface area contributed by atoms with Crippen molar-refractivity contribution in [2.45, 2.75) is 19.4 Å². The van der Waals surface area contributed by atoms with Gasteiger partial charge < -0.3 is 14.5 Å². The van der Waals surface area contributed by atoms with Crippen LogP contribution >= 0.6 is 0 Å². The lowest BCUT2D eigenvalue weighted by Crippen LogP contribution is -2.38. The van der Waals surface area contributed by atoms with Crippen LogP contribution in [0.5, 0.6) is 0 Å². The van der Waals surface area contributed by atoms with Crippen molar-refractivity contribution >= 4 is 6.09 Å². The topological polar surface area (TPSA) is 32.8 Å². The van der Waals surface area contributed by atoms with Gasteiger partial charge in [-0.05, 0) is 44.5 Å². The van der Waals surface area contributed by atoms with Gasteiger partial charge in [-0.25, -0.2) is 4.79 Å². The minimum atomic E-state index is -0.229. The standard InChI is InChI=1S/C16H24N2O2/c1-17-10-8-14(9-11-17)12-18(2)16(19)20-13-15-6-4-3-5-7-15/h3-7,14H,8-13H2,1-2H3. The molecule has 1 aliphatic rings. The van der Waals surface area contributed by atoms with Crippen molar-refractivity contribution in [3.8, 4) is 0 Å². The Kier molecular flexibility index (Phi) is 5.41. The maximum atomic E-state index is 11.9. The highest BCUT2D eigenvalue weighted by Gasteiger charge is 2.20. The van der Waals surface area contributed by atoms with E-state index in [2.05, 4.69) is 11.9 Å². The molecule has 0 aliphatic carbocycles. The van der Waals surface area contributed by atoms with E-state index in [0.29, 0.717) is 12.5 Å². The molecule has 0 aromatic heterocycles. The summed E-state index contributed by atoms with van der Waals surface area (Å²) in [6.07, 6.45) is 2.09. The van der Waals surface area contributed by atoms with Crippen LogP contribution in [0.25, 0.3) is 0 Å². The van der Waals surface area contributed by atoms with Crippen molar-refractivity contribution in [1.82, 2.24) is 9.80 Å². The molecule has 1 saturated heterocycles. The first-order chi connectivity index (χ1) is 9.65. The molecule has 1 aromatic carbocycles. The Morgan fingerprint density at radius 1 is 1.30 bits per heavy atom. The molecular weight excluding hydrogens is 252 g/mol. The van der Waals surface area contributed by atoms with Crippen molar-refractivity contribution in [3.63, 3.8) is 0 Å². The normalized spacial score (nSPS) is 16.9. The molecule has 0 saturated carbocycles. The highest BCUT2D eigenvalue weighted by atomic mass is 16.6. The maximum Gasteiger partial charge on any atom is 0.409 e. The van der Waals surface area contributed by atoms with Crippen LogP contribution in [-0.4, -0.2) is 49.6 Å². The minimum absolute atomic E-state index is 0.229. The number of rotatable bonds is 4. The molecule has 1 aromatic rings. The summed E-state index contributed by atoms with van der Waals surface area (Å²) < 4.78 is 5.33. The van der Waals surface area contributed by atoms with Crippen LogP contribution in [0.15, 0.2) is 30.3 Å². The fourth-order valence-electron chi connectivity index (χ4n) is 2.54. The van der Waals surface area contributed by atoms with Crippen molar-refractivity contribution in [2.75, 3.05) is 33.7 Å². The highest BCUT2D eigenvalue weighted by Crippen LogP contribution is 2.17. The van der Waals surface area contributed by atoms with Crippen LogP contribution in [0.4, 0.5) is 4.79 Å². The molecule has 0 radical (unpaired) electrons. The summed E-state index contributed by atoms with van der Waals surface area (Å²) in [6.45, 7) is 3.38. The molecule has 1 heterocycles. The van der Waals surface area contributed by atoms with Crippen LogP contribution in [0.2, 0.25) is 0 Å². The van der Waals surface area contributed by atoms with Gasteiger partial charge in [-0.2, -0.15) is 0 Å². The van der Waals surface area contributed by atoms with Gasteiger partial charge in [-0.3, -0.25) is 0 Å². The van der Waals surface area contributed by atoms with E-state index in [4.69, 9.17) is 4.74 Å². The summed E-state index contributed by atoms with van der Waals surface area (Å²) in [4.78, 5) is 16.0. The van der Waals surface area contributed by atoms with Crippen molar-refractivity contribution in [2.24, 2.45) is 5.92 Å². The third-order valence-electron chi connectivity index (χ3n) is 3.89. The number of hydrogen-bond acceptors (Lipinski definition) is 3. The van der Waals surface area contributed by atoms with Gasteiger partial charge in [0.2, 0.25) is 0 Å². The number of benzene rings is 1. The summed E-state index contributed by atoms with van der Waals surface area (Å²) in [6, 6.07) is 9.78. The first-order valence-corrected chi connectivity index (χ1v) is 7.25. The minimum Gasteiger partial charge on any atom is -0.445 e. The summed E-state index contributed by atoms with van der Waals surface area (Å²) in [5.74, 6) is 0.598. The van der Waals surface area contributed by atoms with Gasteiger partial charge in [0.1, 0.15) is 6.61 Å². The van der Waals surface area contributed by atoms with E-state index in [9.17, 15) is 4.79 Å². The third-order valence-corrected chi connectivity index (χ3v) is 3.89. The van der Waals surface area contributed by atoms with E-state index < -0.39 is 0 Å². The van der Waals surface area contributed by atoms with Crippen LogP contribution in [0, 0.1) is 5.92 Å². The van der Waals surface area contributed by atoms with Gasteiger partial charge >= 0.3 is 6.09 Å². The lowest BCUT2D eigenvalue weighted by molar-refractivity contribution is 0.0930. The van der Waals surface area contributed by atoms with Crippen molar-refractivity contribution in [1.29, 1.82) is 0 Å². The maximum absolute atomic E-state index is 11.9. The predicted molar refractivity (Wildman–Crippen MR) is 79.5 cm³/mol. The van der Waals surface area contributed by atoms with Gasteiger partial charge in [0.15, 0.2) is 0 Å². The fourth-order valence-corrected chi connectivity index (χ4v) is 2.54. The van der Waals surface area contributed by atoms with Gasteiger partial charge in [0, 0.05) is 13.6 Å². The Morgan fingerprint density at radius 3 is 2.60 bits per heavy atom. The van der Waals surface area contributed by atoms with Crippen LogP contribution in [0.1, 0.15) is 18.4 Å². The molecule has 0 N–H and O–H groups in total. The van der Waals surface area contributed by atoms with E-state index >= 15 is 0 Å². The second-order valence-corrected chi connectivity index (χ2v) is 5.67. The van der Waals surface area contributed by atoms with E-state index in [0.717, 1.165) is 38.0 Å². The SMILES string of the molecule is CN1CCC(CN(C)C(=O)OCc2ccccc2)CC1. The Balaban J connectivity index is 1.72. The predicted octanol–water partition coefficient (Wildman–Crippen LogP) is 2.60. The first-order valence-electron chi connectivity index (χ1n) is 7.25. The number of carbonyl (C=O) groups is 1. The second kappa shape index (κ2) is 7.29. The number of ether oxygens (including phenoxy) is 1. The van der Waals surface area contributed by atoms with Crippen LogP contribution < -0.4 is 0 Å². The number of piperidine rings is 1. The van der Waals surface area contributed by atoms with Crippen molar-refractivity contribution in [3.05, 3.63) is 35.9 Å². The smallest absolute Gasteiger partial charge is 0.409 e. The number of likely N-dealkylation sites (tertiary alicyclic amines) is 1. The van der Waals surface area contributed by atoms with E-state index in [1.165, 1.54) is 0 Å². The molecule has 0 spiro atoms. The Bertz CT molecular complexity index is 414. The van der Waals surface area contributed by atoms with Crippen molar-refractivity contribution < 1.29 is 9.53 Å². The lowest BCUT2D eigenvalue weighted by atomic mass is 9.97. The van der Waals surface area contributed by atoms with Gasteiger partial charge in [-0.1, -0.05) is 30.3 Å². The summed E-state index contributed by atoms with van der Waals surface area (Å²) in [5, 5.41) is 0. The number of hydrogen-bond donors (Lipinski definition) is 0. The fraction of sp³-hybridized carbons (Fsp3) is 0.562. The largest absolute Gasteiger partial charge is 0.445 e. The molecule has 0 bridgehead atoms. The Hall–Kier alpha value is -1.55. The number of amides is 1. The summed E-state index contributed by atoms with van der Waals surface area (Å²) in [7, 11) is 3.97. The molecule has 0 unspecified atom stereocenters. The van der Waals surface area contributed by atoms with Crippen LogP contribution in [0.3, 0.4) is 0 Å². The molecule has 1 aliphatic heterocycles. The Morgan fingerprint density at radius 2 is 1.95 bits per heavy atom. The average Bonchev–Trinajstić information content (AvgIpc) is 2.48. The number of carbonyl (C=O) groups excluding carboxylic acids is 1. The molecule has 20 heavy (non-hydrogen) atoms. The lowest BCUT2D eigenvalue weighted by Gasteiger charge is -2.31. The zero-order chi connectivity index (χ0) is 14.4. The molecular formula is C16H24N2O2. The van der Waals surface area contributed by atoms with Gasteiger partial charge in [-0.15, -0.1) is 0 Å². The first kappa shape index (κ1) is 14.9. The van der Waals surface area contributed by atoms with E-state index in [1.807, 2.05) is 37.4 Å². The Labute approximate surface area is 121 Å². The second-order valence-electron chi connectivity index (χ2n) is 5.67. The molecule has 1 amide bonds. The van der Waals surface area contributed by atoms with Crippen LogP contribution in [-0.2, 0) is 11.3 Å². The van der Waals surface area contributed by atoms with E-state index in [-0.39, 0.29) is 6.09 Å². The summed E-state index contributed by atoms with van der Waals surface area (Å²) in [5.41, 5.74) is 1.02. The molecule has 110 valence electrons. The average molecular weight is 276 g/mol. The molecule has 4 nitrogen and oxygen atoms in total.